The molecule has 0 saturated heterocycles. The molecule has 2 nitrogen and oxygen atoms in total. The van der Waals surface area contributed by atoms with E-state index < -0.39 is 0 Å². The molecule has 1 amide bonds. The zero-order chi connectivity index (χ0) is 9.02. The highest BCUT2D eigenvalue weighted by Gasteiger charge is 2.09. The number of hydrogen-bond acceptors (Lipinski definition) is 1. The largest absolute Gasteiger partial charge is 0.327 e. The third kappa shape index (κ3) is 3.61. The molecule has 0 aliphatic rings. The standard InChI is InChI=1S/C9H15NO/c1-6(2)8(5)9(11)10-7(3)4/h6H,3,5H2,1-2,4H3,(H,10,11). The molecule has 0 aromatic rings. The van der Waals surface area contributed by atoms with Gasteiger partial charge in [0.25, 0.3) is 5.91 Å². The zero-order valence-corrected chi connectivity index (χ0v) is 7.40. The lowest BCUT2D eigenvalue weighted by Crippen LogP contribution is -2.24. The first-order chi connectivity index (χ1) is 4.95. The Bertz CT molecular complexity index is 192. The van der Waals surface area contributed by atoms with E-state index in [2.05, 4.69) is 18.5 Å². The van der Waals surface area contributed by atoms with E-state index >= 15 is 0 Å². The van der Waals surface area contributed by atoms with Crippen LogP contribution in [0, 0.1) is 5.92 Å². The lowest BCUT2D eigenvalue weighted by Gasteiger charge is -2.08. The Morgan fingerprint density at radius 3 is 2.09 bits per heavy atom. The van der Waals surface area contributed by atoms with Crippen molar-refractivity contribution in [2.45, 2.75) is 20.8 Å². The summed E-state index contributed by atoms with van der Waals surface area (Å²) in [5.41, 5.74) is 1.24. The maximum absolute atomic E-state index is 11.1. The minimum Gasteiger partial charge on any atom is -0.327 e. The van der Waals surface area contributed by atoms with Crippen LogP contribution in [-0.2, 0) is 4.79 Å². The molecule has 0 aliphatic carbocycles. The highest BCUT2D eigenvalue weighted by atomic mass is 16.1. The Balaban J connectivity index is 4.05. The predicted octanol–water partition coefficient (Wildman–Crippen LogP) is 1.85. The second-order valence-electron chi connectivity index (χ2n) is 2.91. The summed E-state index contributed by atoms with van der Waals surface area (Å²) >= 11 is 0. The summed E-state index contributed by atoms with van der Waals surface area (Å²) in [6.07, 6.45) is 0. The molecule has 0 aromatic carbocycles. The summed E-state index contributed by atoms with van der Waals surface area (Å²) in [5.74, 6) is 0.0573. The van der Waals surface area contributed by atoms with Crippen molar-refractivity contribution in [1.29, 1.82) is 0 Å². The van der Waals surface area contributed by atoms with Gasteiger partial charge in [0.05, 0.1) is 0 Å². The van der Waals surface area contributed by atoms with Crippen LogP contribution in [0.5, 0.6) is 0 Å². The van der Waals surface area contributed by atoms with Crippen molar-refractivity contribution in [2.75, 3.05) is 0 Å². The maximum Gasteiger partial charge on any atom is 0.250 e. The first-order valence-corrected chi connectivity index (χ1v) is 3.60. The van der Waals surface area contributed by atoms with Crippen LogP contribution in [0.1, 0.15) is 20.8 Å². The summed E-state index contributed by atoms with van der Waals surface area (Å²) < 4.78 is 0. The highest BCUT2D eigenvalue weighted by molar-refractivity contribution is 5.94. The third-order valence-corrected chi connectivity index (χ3v) is 1.32. The van der Waals surface area contributed by atoms with Crippen LogP contribution < -0.4 is 5.32 Å². The molecule has 0 radical (unpaired) electrons. The minimum atomic E-state index is -0.132. The number of nitrogens with one attached hydrogen (secondary N) is 1. The average molecular weight is 153 g/mol. The van der Waals surface area contributed by atoms with E-state index in [9.17, 15) is 4.79 Å². The topological polar surface area (TPSA) is 29.1 Å². The van der Waals surface area contributed by atoms with Gasteiger partial charge in [-0.05, 0) is 12.8 Å². The number of allylic oxidation sites excluding steroid dienone is 1. The number of amides is 1. The Hall–Kier alpha value is -1.05. The van der Waals surface area contributed by atoms with Crippen molar-refractivity contribution in [1.82, 2.24) is 5.32 Å². The summed E-state index contributed by atoms with van der Waals surface area (Å²) in [6, 6.07) is 0. The summed E-state index contributed by atoms with van der Waals surface area (Å²) in [4.78, 5) is 11.1. The number of hydrogen-bond donors (Lipinski definition) is 1. The first kappa shape index (κ1) is 9.95. The molecule has 0 spiro atoms. The van der Waals surface area contributed by atoms with Gasteiger partial charge in [-0.2, -0.15) is 0 Å². The van der Waals surface area contributed by atoms with Crippen LogP contribution in [0.25, 0.3) is 0 Å². The monoisotopic (exact) mass is 153 g/mol. The van der Waals surface area contributed by atoms with Crippen LogP contribution in [0.4, 0.5) is 0 Å². The molecule has 0 atom stereocenters. The van der Waals surface area contributed by atoms with E-state index in [4.69, 9.17) is 0 Å². The average Bonchev–Trinajstić information content (AvgIpc) is 1.84. The molecule has 62 valence electrons. The lowest BCUT2D eigenvalue weighted by molar-refractivity contribution is -0.117. The molecule has 0 bridgehead atoms. The van der Waals surface area contributed by atoms with E-state index in [1.54, 1.807) is 6.92 Å². The molecule has 0 rings (SSSR count). The van der Waals surface area contributed by atoms with E-state index in [-0.39, 0.29) is 11.8 Å². The van der Waals surface area contributed by atoms with Crippen molar-refractivity contribution >= 4 is 5.91 Å². The van der Waals surface area contributed by atoms with Gasteiger partial charge in [-0.15, -0.1) is 0 Å². The molecule has 2 heteroatoms. The van der Waals surface area contributed by atoms with E-state index in [1.807, 2.05) is 13.8 Å². The van der Waals surface area contributed by atoms with Crippen molar-refractivity contribution < 1.29 is 4.79 Å². The summed E-state index contributed by atoms with van der Waals surface area (Å²) in [6.45, 7) is 12.8. The fourth-order valence-electron chi connectivity index (χ4n) is 0.536. The van der Waals surface area contributed by atoms with Gasteiger partial charge in [0.15, 0.2) is 0 Å². The van der Waals surface area contributed by atoms with Gasteiger partial charge in [0.2, 0.25) is 0 Å². The van der Waals surface area contributed by atoms with Gasteiger partial charge in [-0.1, -0.05) is 27.0 Å². The molecule has 0 heterocycles. The molecule has 0 fully saturated rings. The Morgan fingerprint density at radius 2 is 1.82 bits per heavy atom. The number of rotatable bonds is 3. The van der Waals surface area contributed by atoms with E-state index in [0.29, 0.717) is 11.3 Å². The van der Waals surface area contributed by atoms with E-state index in [1.165, 1.54) is 0 Å². The molecule has 1 N–H and O–H groups in total. The smallest absolute Gasteiger partial charge is 0.250 e. The Labute approximate surface area is 68.0 Å². The SMILES string of the molecule is C=C(C)NC(=O)C(=C)C(C)C. The molecule has 0 aliphatic heterocycles. The zero-order valence-electron chi connectivity index (χ0n) is 7.40. The molecule has 0 saturated carbocycles. The van der Waals surface area contributed by atoms with Crippen LogP contribution in [-0.4, -0.2) is 5.91 Å². The first-order valence-electron chi connectivity index (χ1n) is 3.60. The van der Waals surface area contributed by atoms with Gasteiger partial charge >= 0.3 is 0 Å². The van der Waals surface area contributed by atoms with Crippen molar-refractivity contribution in [2.24, 2.45) is 5.92 Å². The quantitative estimate of drug-likeness (QED) is 0.616. The van der Waals surface area contributed by atoms with Gasteiger partial charge < -0.3 is 5.32 Å². The van der Waals surface area contributed by atoms with Crippen molar-refractivity contribution in [3.63, 3.8) is 0 Å². The van der Waals surface area contributed by atoms with Crippen LogP contribution >= 0.6 is 0 Å². The molecular weight excluding hydrogens is 138 g/mol. The normalized spacial score (nSPS) is 9.45. The molecule has 0 aromatic heterocycles. The van der Waals surface area contributed by atoms with Crippen LogP contribution in [0.15, 0.2) is 24.4 Å². The lowest BCUT2D eigenvalue weighted by atomic mass is 10.1. The molecule has 0 unspecified atom stereocenters. The van der Waals surface area contributed by atoms with Gasteiger partial charge in [-0.3, -0.25) is 4.79 Å². The third-order valence-electron chi connectivity index (χ3n) is 1.32. The Morgan fingerprint density at radius 1 is 1.36 bits per heavy atom. The summed E-state index contributed by atoms with van der Waals surface area (Å²) in [5, 5.41) is 2.59. The van der Waals surface area contributed by atoms with Crippen molar-refractivity contribution in [3.8, 4) is 0 Å². The number of carbonyl (C=O) groups excluding carboxylic acids is 1. The van der Waals surface area contributed by atoms with E-state index in [0.717, 1.165) is 0 Å². The molecule has 11 heavy (non-hydrogen) atoms. The summed E-state index contributed by atoms with van der Waals surface area (Å²) in [7, 11) is 0. The van der Waals surface area contributed by atoms with Crippen LogP contribution in [0.3, 0.4) is 0 Å². The van der Waals surface area contributed by atoms with Gasteiger partial charge in [0.1, 0.15) is 0 Å². The number of carbonyl (C=O) groups is 1. The fourth-order valence-corrected chi connectivity index (χ4v) is 0.536. The van der Waals surface area contributed by atoms with Gasteiger partial charge in [0, 0.05) is 11.3 Å². The second-order valence-corrected chi connectivity index (χ2v) is 2.91. The van der Waals surface area contributed by atoms with Crippen molar-refractivity contribution in [3.05, 3.63) is 24.4 Å². The molecular formula is C9H15NO. The minimum absolute atomic E-state index is 0.132. The predicted molar refractivity (Wildman–Crippen MR) is 46.9 cm³/mol. The van der Waals surface area contributed by atoms with Crippen LogP contribution in [0.2, 0.25) is 0 Å². The highest BCUT2D eigenvalue weighted by Crippen LogP contribution is 2.06. The second kappa shape index (κ2) is 3.96. The maximum atomic E-state index is 11.1. The fraction of sp³-hybridized carbons (Fsp3) is 0.444. The van der Waals surface area contributed by atoms with Gasteiger partial charge in [-0.25, -0.2) is 0 Å². The Kier molecular flexibility index (Phi) is 3.58.